The first-order chi connectivity index (χ1) is 40.0. The van der Waals surface area contributed by atoms with E-state index in [-0.39, 0.29) is 25.9 Å². The van der Waals surface area contributed by atoms with E-state index < -0.39 is 0 Å². The zero-order valence-electron chi connectivity index (χ0n) is 45.0. The average Bonchev–Trinajstić information content (AvgIpc) is 3.51. The second-order valence-corrected chi connectivity index (χ2v) is 21.7. The summed E-state index contributed by atoms with van der Waals surface area (Å²) in [5, 5.41) is 0. The molecule has 0 aliphatic heterocycles. The Hall–Kier alpha value is -8.99. The molecule has 2 bridgehead atoms. The molecule has 5 heteroatoms. The summed E-state index contributed by atoms with van der Waals surface area (Å²) in [4.78, 5) is 15.0. The molecule has 4 unspecified atom stereocenters. The van der Waals surface area contributed by atoms with Gasteiger partial charge in [-0.25, -0.2) is 4.39 Å². The predicted octanol–water partition coefficient (Wildman–Crippen LogP) is 19.8. The van der Waals surface area contributed by atoms with Crippen molar-refractivity contribution in [1.82, 2.24) is 15.0 Å². The van der Waals surface area contributed by atoms with Crippen LogP contribution in [0.15, 0.2) is 261 Å². The Morgan fingerprint density at radius 2 is 0.683 bits per heavy atom. The maximum atomic E-state index is 13.8. The minimum absolute atomic E-state index is 0. The number of fused-ring (bicyclic) bond motifs is 3. The van der Waals surface area contributed by atoms with E-state index in [1.165, 1.54) is 42.4 Å². The summed E-state index contributed by atoms with van der Waals surface area (Å²) in [5.41, 5.74) is 23.5. The molecule has 0 N–H and O–H groups in total. The van der Waals surface area contributed by atoms with E-state index in [0.29, 0.717) is 23.7 Å². The predicted molar refractivity (Wildman–Crippen MR) is 328 cm³/mol. The van der Waals surface area contributed by atoms with Crippen LogP contribution < -0.4 is 0 Å². The smallest absolute Gasteiger partial charge is 0.304 e. The van der Waals surface area contributed by atoms with Gasteiger partial charge < -0.3 is 15.0 Å². The standard InChI is InChI=1S/C77H55FN3.Ir/c78-66-37-32-53(33-38-66)74-47-57-30-31-58(74)46-73(57)52-28-26-51(27-29-52)56-18-13-19-59(42-56)77-41-36-62(50-81-77)69-22-9-12-25-72(69)65-44-63(70-23-10-7-20-67(70)60-34-39-75(79-48-60)54-14-3-1-4-15-54)43-64(45-65)71-24-11-8-21-68(71)61-35-40-76(80-49-61)55-16-5-2-6-17-55;/h1-14,16,18,20-29,32-45,48-50,57-58,73-74H,30-31,46-47H2;/q-3;+3. The molecule has 0 radical (unpaired) electrons. The molecule has 15 rings (SSSR count). The molecule has 3 aliphatic carbocycles. The number of nitrogens with zero attached hydrogens (tertiary/aromatic N) is 3. The third kappa shape index (κ3) is 10.6. The van der Waals surface area contributed by atoms with Gasteiger partial charge in [0.05, 0.1) is 0 Å². The van der Waals surface area contributed by atoms with Crippen molar-refractivity contribution in [2.24, 2.45) is 11.8 Å². The first kappa shape index (κ1) is 52.4. The van der Waals surface area contributed by atoms with E-state index in [9.17, 15) is 4.39 Å². The molecule has 3 heterocycles. The first-order valence-corrected chi connectivity index (χ1v) is 28.2. The molecule has 12 aromatic rings. The minimum Gasteiger partial charge on any atom is -0.304 e. The van der Waals surface area contributed by atoms with Gasteiger partial charge in [0.1, 0.15) is 5.82 Å². The van der Waals surface area contributed by atoms with Gasteiger partial charge >= 0.3 is 20.1 Å². The summed E-state index contributed by atoms with van der Waals surface area (Å²) in [7, 11) is 0. The van der Waals surface area contributed by atoms with Crippen molar-refractivity contribution < 1.29 is 24.5 Å². The number of hydrogen-bond acceptors (Lipinski definition) is 3. The van der Waals surface area contributed by atoms with E-state index in [2.05, 4.69) is 182 Å². The average molecular weight is 1230 g/mol. The topological polar surface area (TPSA) is 38.7 Å². The summed E-state index contributed by atoms with van der Waals surface area (Å²) in [5.74, 6) is 2.25. The van der Waals surface area contributed by atoms with Crippen LogP contribution in [0.2, 0.25) is 0 Å². The summed E-state index contributed by atoms with van der Waals surface area (Å²) in [6.07, 6.45) is 10.9. The van der Waals surface area contributed by atoms with Gasteiger partial charge in [0.25, 0.3) is 0 Å². The first-order valence-electron chi connectivity index (χ1n) is 28.2. The van der Waals surface area contributed by atoms with Crippen molar-refractivity contribution in [1.29, 1.82) is 0 Å². The van der Waals surface area contributed by atoms with Crippen molar-refractivity contribution in [2.45, 2.75) is 37.5 Å². The molecular formula is C77H55FIrN3. The normalized spacial score (nSPS) is 16.3. The largest absolute Gasteiger partial charge is 3.00 e. The number of pyridine rings is 3. The van der Waals surface area contributed by atoms with Gasteiger partial charge in [-0.15, -0.1) is 107 Å². The Bertz CT molecular complexity index is 4020. The van der Waals surface area contributed by atoms with Crippen molar-refractivity contribution in [3.63, 3.8) is 0 Å². The van der Waals surface area contributed by atoms with E-state index in [4.69, 9.17) is 15.0 Å². The van der Waals surface area contributed by atoms with Gasteiger partial charge in [-0.05, 0) is 180 Å². The molecule has 3 nitrogen and oxygen atoms in total. The van der Waals surface area contributed by atoms with Crippen molar-refractivity contribution in [3.05, 3.63) is 296 Å². The molecule has 9 aromatic carbocycles. The molecule has 0 saturated heterocycles. The zero-order chi connectivity index (χ0) is 54.1. The second kappa shape index (κ2) is 23.2. The number of hydrogen-bond donors (Lipinski definition) is 0. The number of rotatable bonds is 12. The van der Waals surface area contributed by atoms with Crippen LogP contribution in [0.5, 0.6) is 0 Å². The van der Waals surface area contributed by atoms with Crippen LogP contribution in [0, 0.1) is 35.9 Å². The van der Waals surface area contributed by atoms with Crippen LogP contribution in [0.3, 0.4) is 0 Å². The zero-order valence-corrected chi connectivity index (χ0v) is 47.4. The quantitative estimate of drug-likeness (QED) is 0.114. The summed E-state index contributed by atoms with van der Waals surface area (Å²) in [6, 6.07) is 94.7. The Morgan fingerprint density at radius 1 is 0.317 bits per heavy atom. The molecule has 3 aliphatic rings. The van der Waals surface area contributed by atoms with E-state index in [1.54, 1.807) is 12.1 Å². The minimum atomic E-state index is -0.155. The third-order valence-corrected chi connectivity index (χ3v) is 17.0. The van der Waals surface area contributed by atoms with Gasteiger partial charge in [0.2, 0.25) is 0 Å². The van der Waals surface area contributed by atoms with Crippen molar-refractivity contribution >= 4 is 0 Å². The van der Waals surface area contributed by atoms with Crippen LogP contribution in [0.1, 0.15) is 48.6 Å². The number of halogens is 1. The van der Waals surface area contributed by atoms with Crippen LogP contribution in [0.4, 0.5) is 4.39 Å². The van der Waals surface area contributed by atoms with Crippen LogP contribution >= 0.6 is 0 Å². The Morgan fingerprint density at radius 3 is 1.06 bits per heavy atom. The second-order valence-electron chi connectivity index (χ2n) is 21.7. The van der Waals surface area contributed by atoms with Gasteiger partial charge in [-0.1, -0.05) is 146 Å². The number of benzene rings is 9. The summed E-state index contributed by atoms with van der Waals surface area (Å²) in [6.45, 7) is 0. The molecule has 0 spiro atoms. The Labute approximate surface area is 493 Å². The maximum absolute atomic E-state index is 13.8. The fraction of sp³-hybridized carbons (Fsp3) is 0.104. The van der Waals surface area contributed by atoms with Crippen molar-refractivity contribution in [2.75, 3.05) is 0 Å². The van der Waals surface area contributed by atoms with Crippen LogP contribution in [-0.2, 0) is 20.1 Å². The molecule has 3 aromatic heterocycles. The third-order valence-electron chi connectivity index (χ3n) is 17.0. The fourth-order valence-electron chi connectivity index (χ4n) is 13.0. The molecular weight excluding hydrogens is 1180 g/mol. The molecule has 3 saturated carbocycles. The Balaban J connectivity index is 0.00000631. The monoisotopic (exact) mass is 1230 g/mol. The molecule has 82 heavy (non-hydrogen) atoms. The fourth-order valence-corrected chi connectivity index (χ4v) is 13.0. The van der Waals surface area contributed by atoms with Crippen LogP contribution in [-0.4, -0.2) is 15.0 Å². The van der Waals surface area contributed by atoms with Gasteiger partial charge in [-0.2, -0.15) is 0 Å². The summed E-state index contributed by atoms with van der Waals surface area (Å²) < 4.78 is 13.8. The number of aromatic nitrogens is 3. The van der Waals surface area contributed by atoms with E-state index >= 15 is 0 Å². The van der Waals surface area contributed by atoms with Crippen molar-refractivity contribution in [3.8, 4) is 112 Å². The summed E-state index contributed by atoms with van der Waals surface area (Å²) >= 11 is 0. The van der Waals surface area contributed by atoms with E-state index in [0.717, 1.165) is 106 Å². The SMILES string of the molecule is Fc1ccc(C2CC3CCC2CC3c2ccc(-c3cc[c-]c(-c4ccc(-c5ccccc5-c5cc(-c6ccccc6-c6ccc(-c7[c-]cccc7)nc6)cc(-c6ccccc6-c6ccc(-c7[c-]cccc7)nc6)c5)cn4)c3)cc2)cc1.[Ir+3]. The van der Waals surface area contributed by atoms with Gasteiger partial charge in [-0.3, -0.25) is 0 Å². The molecule has 394 valence electrons. The van der Waals surface area contributed by atoms with Gasteiger partial charge in [0, 0.05) is 18.6 Å². The molecule has 4 atom stereocenters. The molecule has 0 amide bonds. The van der Waals surface area contributed by atoms with Gasteiger partial charge in [0.15, 0.2) is 0 Å². The maximum Gasteiger partial charge on any atom is 3.00 e. The molecule has 3 fully saturated rings. The van der Waals surface area contributed by atoms with Crippen LogP contribution in [0.25, 0.3) is 112 Å². The Kier molecular flexibility index (Phi) is 14.8. The van der Waals surface area contributed by atoms with E-state index in [1.807, 2.05) is 85.3 Å².